The van der Waals surface area contributed by atoms with Crippen LogP contribution >= 0.6 is 11.3 Å². The van der Waals surface area contributed by atoms with E-state index in [1.54, 1.807) is 0 Å². The molecule has 0 aromatic carbocycles. The number of halogens is 3. The predicted molar refractivity (Wildman–Crippen MR) is 49.1 cm³/mol. The Morgan fingerprint density at radius 1 is 1.33 bits per heavy atom. The molecule has 2 rings (SSSR count). The fraction of sp³-hybridized carbons (Fsp3) is 0.556. The molecule has 1 heterocycles. The number of rotatable bonds is 1. The van der Waals surface area contributed by atoms with Crippen molar-refractivity contribution in [2.24, 2.45) is 0 Å². The number of carbonyl (C=O) groups excluding carboxylic acids is 1. The van der Waals surface area contributed by atoms with E-state index < -0.39 is 12.6 Å². The minimum Gasteiger partial charge on any atom is -0.293 e. The second kappa shape index (κ2) is 3.59. The number of nitrogens with zero attached hydrogens (tertiary/aromatic N) is 1. The van der Waals surface area contributed by atoms with Gasteiger partial charge in [0.2, 0.25) is 0 Å². The molecule has 6 heteroatoms. The highest BCUT2D eigenvalue weighted by Gasteiger charge is 2.31. The molecule has 0 bridgehead atoms. The first kappa shape index (κ1) is 10.6. The number of Topliss-reactive ketones (excluding diaryl/α,β-unsaturated/α-hetero) is 1. The highest BCUT2D eigenvalue weighted by atomic mass is 32.1. The largest absolute Gasteiger partial charge is 0.395 e. The van der Waals surface area contributed by atoms with Crippen LogP contribution in [0.4, 0.5) is 13.2 Å². The lowest BCUT2D eigenvalue weighted by Gasteiger charge is -2.06. The van der Waals surface area contributed by atoms with Gasteiger partial charge in [-0.2, -0.15) is 13.2 Å². The van der Waals surface area contributed by atoms with E-state index in [0.29, 0.717) is 29.8 Å². The van der Waals surface area contributed by atoms with Gasteiger partial charge in [0.1, 0.15) is 5.01 Å². The first-order valence-electron chi connectivity index (χ1n) is 4.54. The second-order valence-corrected chi connectivity index (χ2v) is 4.54. The summed E-state index contributed by atoms with van der Waals surface area (Å²) in [6, 6.07) is 0. The summed E-state index contributed by atoms with van der Waals surface area (Å²) < 4.78 is 36.3. The Morgan fingerprint density at radius 3 is 2.67 bits per heavy atom. The molecule has 0 unspecified atom stereocenters. The molecule has 1 aromatic heterocycles. The van der Waals surface area contributed by atoms with Gasteiger partial charge in [0.15, 0.2) is 5.78 Å². The fourth-order valence-corrected chi connectivity index (χ4v) is 2.67. The molecule has 0 atom stereocenters. The van der Waals surface area contributed by atoms with Crippen LogP contribution in [0.2, 0.25) is 0 Å². The molecule has 1 aliphatic carbocycles. The van der Waals surface area contributed by atoms with Gasteiger partial charge in [0.05, 0.1) is 17.0 Å². The molecule has 0 saturated heterocycles. The van der Waals surface area contributed by atoms with Gasteiger partial charge in [0, 0.05) is 6.42 Å². The third-order valence-corrected chi connectivity index (χ3v) is 3.30. The molecule has 1 aliphatic rings. The summed E-state index contributed by atoms with van der Waals surface area (Å²) in [5.41, 5.74) is 0.551. The number of hydrogen-bond donors (Lipinski definition) is 0. The summed E-state index contributed by atoms with van der Waals surface area (Å²) in [4.78, 5) is 15.6. The first-order chi connectivity index (χ1) is 6.96. The van der Waals surface area contributed by atoms with Gasteiger partial charge >= 0.3 is 6.18 Å². The quantitative estimate of drug-likeness (QED) is 0.749. The molecule has 0 fully saturated rings. The highest BCUT2D eigenvalue weighted by molar-refractivity contribution is 7.13. The number of alkyl halides is 3. The van der Waals surface area contributed by atoms with E-state index in [0.717, 1.165) is 11.3 Å². The Balaban J connectivity index is 2.26. The maximum atomic E-state index is 12.1. The summed E-state index contributed by atoms with van der Waals surface area (Å²) >= 11 is 0.890. The van der Waals surface area contributed by atoms with Gasteiger partial charge in [-0.1, -0.05) is 0 Å². The molecular weight excluding hydrogens is 227 g/mol. The Labute approximate surface area is 88.1 Å². The molecule has 82 valence electrons. The summed E-state index contributed by atoms with van der Waals surface area (Å²) in [5.74, 6) is -0.0674. The van der Waals surface area contributed by atoms with Crippen LogP contribution in [0.3, 0.4) is 0 Å². The molecule has 0 N–H and O–H groups in total. The minimum absolute atomic E-state index is 0.00255. The van der Waals surface area contributed by atoms with E-state index in [9.17, 15) is 18.0 Å². The van der Waals surface area contributed by atoms with E-state index in [1.165, 1.54) is 0 Å². The maximum absolute atomic E-state index is 12.1. The van der Waals surface area contributed by atoms with Crippen LogP contribution in [0.15, 0.2) is 0 Å². The number of aryl methyl sites for hydroxylation is 1. The van der Waals surface area contributed by atoms with Crippen molar-refractivity contribution in [3.63, 3.8) is 0 Å². The fourth-order valence-electron chi connectivity index (χ4n) is 1.57. The SMILES string of the molecule is O=C1CCCc2nc(CC(F)(F)F)sc21. The van der Waals surface area contributed by atoms with Crippen molar-refractivity contribution in [1.82, 2.24) is 4.98 Å². The van der Waals surface area contributed by atoms with Crippen LogP contribution in [-0.4, -0.2) is 16.9 Å². The standard InChI is InChI=1S/C9H8F3NOS/c10-9(11,12)4-7-13-5-2-1-3-6(14)8(5)15-7/h1-4H2. The van der Waals surface area contributed by atoms with Gasteiger partial charge in [-0.3, -0.25) is 4.79 Å². The van der Waals surface area contributed by atoms with Gasteiger partial charge in [-0.05, 0) is 12.8 Å². The van der Waals surface area contributed by atoms with Gasteiger partial charge < -0.3 is 0 Å². The van der Waals surface area contributed by atoms with E-state index in [4.69, 9.17) is 0 Å². The van der Waals surface area contributed by atoms with E-state index in [-0.39, 0.29) is 10.8 Å². The molecule has 1 aromatic rings. The Hall–Kier alpha value is -0.910. The number of fused-ring (bicyclic) bond motifs is 1. The number of aromatic nitrogens is 1. The maximum Gasteiger partial charge on any atom is 0.395 e. The van der Waals surface area contributed by atoms with Crippen molar-refractivity contribution in [1.29, 1.82) is 0 Å². The van der Waals surface area contributed by atoms with Crippen LogP contribution in [0, 0.1) is 0 Å². The van der Waals surface area contributed by atoms with E-state index >= 15 is 0 Å². The zero-order valence-corrected chi connectivity index (χ0v) is 8.54. The van der Waals surface area contributed by atoms with Gasteiger partial charge in [-0.25, -0.2) is 4.98 Å². The summed E-state index contributed by atoms with van der Waals surface area (Å²) in [7, 11) is 0. The van der Waals surface area contributed by atoms with E-state index in [2.05, 4.69) is 4.98 Å². The van der Waals surface area contributed by atoms with Gasteiger partial charge in [-0.15, -0.1) is 11.3 Å². The highest BCUT2D eigenvalue weighted by Crippen LogP contribution is 2.30. The van der Waals surface area contributed by atoms with Crippen molar-refractivity contribution in [2.75, 3.05) is 0 Å². The third kappa shape index (κ3) is 2.37. The summed E-state index contributed by atoms with van der Waals surface area (Å²) in [6.07, 6.45) is -3.53. The lowest BCUT2D eigenvalue weighted by molar-refractivity contribution is -0.127. The smallest absolute Gasteiger partial charge is 0.293 e. The lowest BCUT2D eigenvalue weighted by Crippen LogP contribution is -2.11. The lowest BCUT2D eigenvalue weighted by atomic mass is 10.0. The zero-order chi connectivity index (χ0) is 11.1. The third-order valence-electron chi connectivity index (χ3n) is 2.16. The van der Waals surface area contributed by atoms with Crippen LogP contribution in [0.1, 0.15) is 33.2 Å². The van der Waals surface area contributed by atoms with Crippen molar-refractivity contribution >= 4 is 17.1 Å². The summed E-state index contributed by atoms with van der Waals surface area (Å²) in [6.45, 7) is 0. The predicted octanol–water partition coefficient (Wildman–Crippen LogP) is 2.77. The number of carbonyl (C=O) groups is 1. The summed E-state index contributed by atoms with van der Waals surface area (Å²) in [5, 5.41) is 0.00255. The van der Waals surface area contributed by atoms with Crippen LogP contribution < -0.4 is 0 Å². The number of thiazole rings is 1. The minimum atomic E-state index is -4.25. The molecule has 0 amide bonds. The van der Waals surface area contributed by atoms with Crippen molar-refractivity contribution in [3.8, 4) is 0 Å². The van der Waals surface area contributed by atoms with E-state index in [1.807, 2.05) is 0 Å². The van der Waals surface area contributed by atoms with Crippen LogP contribution in [-0.2, 0) is 12.8 Å². The topological polar surface area (TPSA) is 30.0 Å². The molecule has 0 saturated carbocycles. The average molecular weight is 235 g/mol. The Kier molecular flexibility index (Phi) is 2.54. The average Bonchev–Trinajstić information content (AvgIpc) is 2.45. The first-order valence-corrected chi connectivity index (χ1v) is 5.36. The van der Waals surface area contributed by atoms with Crippen molar-refractivity contribution in [3.05, 3.63) is 15.6 Å². The monoisotopic (exact) mass is 235 g/mol. The zero-order valence-electron chi connectivity index (χ0n) is 7.73. The number of ketones is 1. The normalized spacial score (nSPS) is 16.6. The van der Waals surface area contributed by atoms with Gasteiger partial charge in [0.25, 0.3) is 0 Å². The molecule has 2 nitrogen and oxygen atoms in total. The number of hydrogen-bond acceptors (Lipinski definition) is 3. The van der Waals surface area contributed by atoms with Crippen LogP contribution in [0.25, 0.3) is 0 Å². The molecular formula is C9H8F3NOS. The molecule has 15 heavy (non-hydrogen) atoms. The van der Waals surface area contributed by atoms with Crippen LogP contribution in [0.5, 0.6) is 0 Å². The van der Waals surface area contributed by atoms with Crippen molar-refractivity contribution in [2.45, 2.75) is 31.9 Å². The molecule has 0 aliphatic heterocycles. The Bertz CT molecular complexity index is 397. The second-order valence-electron chi connectivity index (χ2n) is 3.45. The van der Waals surface area contributed by atoms with Crippen molar-refractivity contribution < 1.29 is 18.0 Å². The Morgan fingerprint density at radius 2 is 2.07 bits per heavy atom. The molecule has 0 radical (unpaired) electrons. The molecule has 0 spiro atoms.